The van der Waals surface area contributed by atoms with E-state index in [2.05, 4.69) is 10.1 Å². The van der Waals surface area contributed by atoms with Gasteiger partial charge in [-0.1, -0.05) is 32.3 Å². The molecule has 0 saturated carbocycles. The van der Waals surface area contributed by atoms with Crippen LogP contribution < -0.4 is 0 Å². The summed E-state index contributed by atoms with van der Waals surface area (Å²) in [5.41, 5.74) is 0. The Morgan fingerprint density at radius 3 is 2.65 bits per heavy atom. The molecule has 0 aliphatic rings. The van der Waals surface area contributed by atoms with Gasteiger partial charge in [0.25, 0.3) is 0 Å². The summed E-state index contributed by atoms with van der Waals surface area (Å²) in [7, 11) is 1.63. The lowest BCUT2D eigenvalue weighted by Gasteiger charge is -2.14. The van der Waals surface area contributed by atoms with Crippen LogP contribution in [0.1, 0.15) is 51.4 Å². The van der Waals surface area contributed by atoms with Crippen LogP contribution >= 0.6 is 0 Å². The maximum absolute atomic E-state index is 9.66. The highest BCUT2D eigenvalue weighted by molar-refractivity contribution is 4.93. The topological polar surface area (TPSA) is 68.4 Å². The maximum Gasteiger partial charge on any atom is 0.229 e. The number of methoxy groups -OCH3 is 1. The van der Waals surface area contributed by atoms with Crippen molar-refractivity contribution in [3.05, 3.63) is 11.7 Å². The molecule has 17 heavy (non-hydrogen) atoms. The minimum Gasteiger partial charge on any atom is -0.393 e. The van der Waals surface area contributed by atoms with Gasteiger partial charge in [-0.25, -0.2) is 0 Å². The number of aliphatic hydroxyl groups excluding tert-OH is 1. The van der Waals surface area contributed by atoms with Crippen LogP contribution in [0.15, 0.2) is 4.52 Å². The van der Waals surface area contributed by atoms with Crippen LogP contribution in [0.5, 0.6) is 0 Å². The molecule has 2 atom stereocenters. The Kier molecular flexibility index (Phi) is 5.58. The fraction of sp³-hybridized carbons (Fsp3) is 0.833. The van der Waals surface area contributed by atoms with Gasteiger partial charge in [0.1, 0.15) is 6.10 Å². The lowest BCUT2D eigenvalue weighted by molar-refractivity contribution is 0.0555. The molecular weight excluding hydrogens is 220 g/mol. The third-order valence-electron chi connectivity index (χ3n) is 2.63. The van der Waals surface area contributed by atoms with E-state index in [9.17, 15) is 5.11 Å². The van der Waals surface area contributed by atoms with Crippen molar-refractivity contribution in [1.29, 1.82) is 0 Å². The first-order valence-corrected chi connectivity index (χ1v) is 6.11. The van der Waals surface area contributed by atoms with Gasteiger partial charge in [0, 0.05) is 7.11 Å². The number of hydrogen-bond acceptors (Lipinski definition) is 5. The van der Waals surface area contributed by atoms with Gasteiger partial charge in [-0.05, 0) is 12.3 Å². The van der Waals surface area contributed by atoms with Gasteiger partial charge in [0.15, 0.2) is 0 Å². The van der Waals surface area contributed by atoms with Gasteiger partial charge in [-0.15, -0.1) is 0 Å². The van der Waals surface area contributed by atoms with E-state index in [-0.39, 0.29) is 12.0 Å². The summed E-state index contributed by atoms with van der Waals surface area (Å²) in [5, 5.41) is 13.6. The van der Waals surface area contributed by atoms with Gasteiger partial charge >= 0.3 is 0 Å². The Hall–Kier alpha value is -0.940. The van der Waals surface area contributed by atoms with E-state index in [1.54, 1.807) is 7.11 Å². The first-order chi connectivity index (χ1) is 8.08. The Labute approximate surface area is 102 Å². The smallest absolute Gasteiger partial charge is 0.229 e. The van der Waals surface area contributed by atoms with Crippen molar-refractivity contribution < 1.29 is 14.4 Å². The third-order valence-corrected chi connectivity index (χ3v) is 2.63. The number of aromatic nitrogens is 2. The third kappa shape index (κ3) is 4.09. The molecule has 98 valence electrons. The summed E-state index contributed by atoms with van der Waals surface area (Å²) in [6.45, 7) is 6.11. The molecule has 0 amide bonds. The second kappa shape index (κ2) is 6.71. The summed E-state index contributed by atoms with van der Waals surface area (Å²) in [4.78, 5) is 4.26. The zero-order valence-electron chi connectivity index (χ0n) is 11.0. The highest BCUT2D eigenvalue weighted by Gasteiger charge is 2.21. The van der Waals surface area contributed by atoms with E-state index < -0.39 is 6.10 Å². The first kappa shape index (κ1) is 14.1. The number of hydrogen-bond donors (Lipinski definition) is 1. The largest absolute Gasteiger partial charge is 0.393 e. The van der Waals surface area contributed by atoms with Crippen molar-refractivity contribution in [3.63, 3.8) is 0 Å². The molecule has 0 aromatic carbocycles. The average Bonchev–Trinajstić information content (AvgIpc) is 2.67. The number of nitrogens with zero attached hydrogens (tertiary/aromatic N) is 2. The van der Waals surface area contributed by atoms with Crippen LogP contribution in [0.3, 0.4) is 0 Å². The summed E-state index contributed by atoms with van der Waals surface area (Å²) in [5.74, 6) is 1.32. The summed E-state index contributed by atoms with van der Waals surface area (Å²) >= 11 is 0. The zero-order chi connectivity index (χ0) is 12.8. The second-order valence-electron chi connectivity index (χ2n) is 4.59. The van der Waals surface area contributed by atoms with Crippen LogP contribution in [0, 0.1) is 5.92 Å². The summed E-state index contributed by atoms with van der Waals surface area (Å²) in [6.07, 6.45) is 1.53. The van der Waals surface area contributed by atoms with Crippen LogP contribution in [0.4, 0.5) is 0 Å². The number of ether oxygens (including phenoxy) is 1. The fourth-order valence-corrected chi connectivity index (χ4v) is 1.78. The molecule has 5 heteroatoms. The van der Waals surface area contributed by atoms with Crippen molar-refractivity contribution >= 4 is 0 Å². The fourth-order valence-electron chi connectivity index (χ4n) is 1.78. The van der Waals surface area contributed by atoms with E-state index in [0.717, 1.165) is 12.8 Å². The predicted octanol–water partition coefficient (Wildman–Crippen LogP) is 2.12. The molecule has 1 rings (SSSR count). The van der Waals surface area contributed by atoms with Crippen LogP contribution in [0.2, 0.25) is 0 Å². The van der Waals surface area contributed by atoms with E-state index >= 15 is 0 Å². The van der Waals surface area contributed by atoms with Crippen LogP contribution in [-0.4, -0.2) is 28.5 Å². The van der Waals surface area contributed by atoms with Gasteiger partial charge in [-0.3, -0.25) is 0 Å². The van der Waals surface area contributed by atoms with Crippen molar-refractivity contribution in [3.8, 4) is 0 Å². The number of aliphatic hydroxyl groups is 1. The molecule has 0 aliphatic carbocycles. The molecule has 2 unspecified atom stereocenters. The molecule has 0 saturated heterocycles. The van der Waals surface area contributed by atoms with E-state index in [4.69, 9.17) is 9.26 Å². The molecule has 1 N–H and O–H groups in total. The molecule has 1 heterocycles. The minimum atomic E-state index is -0.409. The van der Waals surface area contributed by atoms with E-state index in [1.165, 1.54) is 0 Å². The first-order valence-electron chi connectivity index (χ1n) is 6.11. The van der Waals surface area contributed by atoms with Crippen LogP contribution in [0.25, 0.3) is 0 Å². The van der Waals surface area contributed by atoms with E-state index in [0.29, 0.717) is 18.1 Å². The lowest BCUT2D eigenvalue weighted by Crippen LogP contribution is -2.12. The average molecular weight is 242 g/mol. The SMILES string of the molecule is CCCC(O)Cc1nc(C(OC)C(C)C)no1. The normalized spacial score (nSPS) is 15.2. The number of rotatable bonds is 7. The van der Waals surface area contributed by atoms with Gasteiger partial charge in [-0.2, -0.15) is 4.98 Å². The second-order valence-corrected chi connectivity index (χ2v) is 4.59. The van der Waals surface area contributed by atoms with Crippen molar-refractivity contribution in [2.24, 2.45) is 5.92 Å². The molecule has 0 spiro atoms. The van der Waals surface area contributed by atoms with Crippen molar-refractivity contribution in [2.45, 2.75) is 52.2 Å². The Morgan fingerprint density at radius 2 is 2.12 bits per heavy atom. The molecular formula is C12H22N2O3. The lowest BCUT2D eigenvalue weighted by atomic mass is 10.1. The molecule has 1 aromatic rings. The Balaban J connectivity index is 2.64. The molecule has 5 nitrogen and oxygen atoms in total. The highest BCUT2D eigenvalue weighted by Crippen LogP contribution is 2.22. The molecule has 0 radical (unpaired) electrons. The zero-order valence-corrected chi connectivity index (χ0v) is 11.0. The standard InChI is InChI=1S/C12H22N2O3/c1-5-6-9(15)7-10-13-12(14-17-10)11(16-4)8(2)3/h8-9,11,15H,5-7H2,1-4H3. The monoisotopic (exact) mass is 242 g/mol. The quantitative estimate of drug-likeness (QED) is 0.793. The van der Waals surface area contributed by atoms with E-state index in [1.807, 2.05) is 20.8 Å². The summed E-state index contributed by atoms with van der Waals surface area (Å²) in [6, 6.07) is 0. The minimum absolute atomic E-state index is 0.157. The van der Waals surface area contributed by atoms with Gasteiger partial charge < -0.3 is 14.4 Å². The molecule has 1 aromatic heterocycles. The molecule has 0 fully saturated rings. The van der Waals surface area contributed by atoms with Crippen molar-refractivity contribution in [2.75, 3.05) is 7.11 Å². The Morgan fingerprint density at radius 1 is 1.41 bits per heavy atom. The summed E-state index contributed by atoms with van der Waals surface area (Å²) < 4.78 is 10.4. The maximum atomic E-state index is 9.66. The molecule has 0 bridgehead atoms. The molecule has 0 aliphatic heterocycles. The van der Waals surface area contributed by atoms with Crippen LogP contribution in [-0.2, 0) is 11.2 Å². The Bertz CT molecular complexity index is 325. The predicted molar refractivity (Wildman–Crippen MR) is 63.5 cm³/mol. The van der Waals surface area contributed by atoms with Gasteiger partial charge in [0.05, 0.1) is 12.5 Å². The van der Waals surface area contributed by atoms with Gasteiger partial charge in [0.2, 0.25) is 11.7 Å². The highest BCUT2D eigenvalue weighted by atomic mass is 16.5. The van der Waals surface area contributed by atoms with Crippen molar-refractivity contribution in [1.82, 2.24) is 10.1 Å².